The Morgan fingerprint density at radius 1 is 1.39 bits per heavy atom. The third-order valence-electron chi connectivity index (χ3n) is 3.54. The lowest BCUT2D eigenvalue weighted by Gasteiger charge is -2.33. The summed E-state index contributed by atoms with van der Waals surface area (Å²) in [7, 11) is 0. The van der Waals surface area contributed by atoms with Crippen LogP contribution in [-0.4, -0.2) is 36.1 Å². The molecule has 4 nitrogen and oxygen atoms in total. The van der Waals surface area contributed by atoms with Crippen LogP contribution in [0.2, 0.25) is 0 Å². The molecule has 18 heavy (non-hydrogen) atoms. The van der Waals surface area contributed by atoms with E-state index in [1.165, 1.54) is 6.33 Å². The summed E-state index contributed by atoms with van der Waals surface area (Å²) in [6, 6.07) is 0. The number of nitrogens with one attached hydrogen (secondary N) is 1. The maximum Gasteiger partial charge on any atom is 0.186 e. The minimum atomic E-state index is -0.275. The number of halogens is 1. The van der Waals surface area contributed by atoms with Crippen molar-refractivity contribution in [2.24, 2.45) is 5.92 Å². The first-order valence-electron chi connectivity index (χ1n) is 6.65. The number of nitrogens with zero attached hydrogens (tertiary/aromatic N) is 3. The van der Waals surface area contributed by atoms with Gasteiger partial charge in [0.1, 0.15) is 6.33 Å². The van der Waals surface area contributed by atoms with Gasteiger partial charge >= 0.3 is 0 Å². The Hall–Kier alpha value is -1.23. The quantitative estimate of drug-likeness (QED) is 0.886. The highest BCUT2D eigenvalue weighted by Crippen LogP contribution is 2.24. The molecule has 1 N–H and O–H groups in total. The second-order valence-corrected chi connectivity index (χ2v) is 4.83. The van der Waals surface area contributed by atoms with Gasteiger partial charge in [0.2, 0.25) is 0 Å². The van der Waals surface area contributed by atoms with E-state index in [0.29, 0.717) is 17.4 Å². The van der Waals surface area contributed by atoms with Crippen molar-refractivity contribution in [2.75, 3.05) is 31.1 Å². The molecule has 0 amide bonds. The first-order chi connectivity index (χ1) is 8.72. The van der Waals surface area contributed by atoms with Crippen LogP contribution in [0.1, 0.15) is 25.5 Å². The molecular formula is C13H21FN4. The normalized spacial score (nSPS) is 17.2. The lowest BCUT2D eigenvalue weighted by Crippen LogP contribution is -2.38. The van der Waals surface area contributed by atoms with E-state index in [2.05, 4.69) is 22.2 Å². The highest BCUT2D eigenvalue weighted by Gasteiger charge is 2.22. The number of aromatic nitrogens is 2. The van der Waals surface area contributed by atoms with Crippen LogP contribution in [0.15, 0.2) is 6.33 Å². The Balaban J connectivity index is 1.95. The molecule has 1 aliphatic heterocycles. The third kappa shape index (κ3) is 2.96. The predicted octanol–water partition coefficient (Wildman–Crippen LogP) is 1.75. The smallest absolute Gasteiger partial charge is 0.186 e. The van der Waals surface area contributed by atoms with Crippen molar-refractivity contribution in [1.82, 2.24) is 15.3 Å². The Morgan fingerprint density at radius 2 is 2.11 bits per heavy atom. The van der Waals surface area contributed by atoms with Crippen molar-refractivity contribution < 1.29 is 4.39 Å². The summed E-state index contributed by atoms with van der Waals surface area (Å²) in [5, 5.41) is 3.37. The number of aryl methyl sites for hydroxylation is 1. The van der Waals surface area contributed by atoms with Gasteiger partial charge in [-0.05, 0) is 38.8 Å². The molecule has 5 heteroatoms. The van der Waals surface area contributed by atoms with Crippen LogP contribution in [-0.2, 0) is 0 Å². The minimum absolute atomic E-state index is 0.275. The van der Waals surface area contributed by atoms with Crippen LogP contribution >= 0.6 is 0 Å². The van der Waals surface area contributed by atoms with Gasteiger partial charge in [-0.1, -0.05) is 6.92 Å². The van der Waals surface area contributed by atoms with Gasteiger partial charge in [0.25, 0.3) is 0 Å². The fraction of sp³-hybridized carbons (Fsp3) is 0.692. The molecule has 1 aromatic rings. The van der Waals surface area contributed by atoms with Gasteiger partial charge in [-0.25, -0.2) is 14.4 Å². The Morgan fingerprint density at radius 3 is 2.78 bits per heavy atom. The molecule has 100 valence electrons. The van der Waals surface area contributed by atoms with Crippen molar-refractivity contribution in [1.29, 1.82) is 0 Å². The van der Waals surface area contributed by atoms with Gasteiger partial charge in [-0.3, -0.25) is 0 Å². The summed E-state index contributed by atoms with van der Waals surface area (Å²) >= 11 is 0. The molecule has 0 unspecified atom stereocenters. The second kappa shape index (κ2) is 6.09. The lowest BCUT2D eigenvalue weighted by atomic mass is 9.97. The van der Waals surface area contributed by atoms with Crippen molar-refractivity contribution in [2.45, 2.75) is 26.7 Å². The van der Waals surface area contributed by atoms with E-state index >= 15 is 0 Å². The van der Waals surface area contributed by atoms with Gasteiger partial charge in [-0.15, -0.1) is 0 Å². The molecule has 0 atom stereocenters. The van der Waals surface area contributed by atoms with Gasteiger partial charge in [0, 0.05) is 13.1 Å². The number of hydrogen-bond donors (Lipinski definition) is 1. The van der Waals surface area contributed by atoms with Crippen LogP contribution in [0.25, 0.3) is 0 Å². The zero-order valence-corrected chi connectivity index (χ0v) is 11.1. The molecule has 1 aliphatic rings. The maximum absolute atomic E-state index is 13.9. The fourth-order valence-electron chi connectivity index (χ4n) is 2.36. The van der Waals surface area contributed by atoms with Gasteiger partial charge < -0.3 is 10.2 Å². The Labute approximate surface area is 108 Å². The molecule has 2 heterocycles. The summed E-state index contributed by atoms with van der Waals surface area (Å²) in [4.78, 5) is 9.98. The monoisotopic (exact) mass is 252 g/mol. The van der Waals surface area contributed by atoms with Crippen LogP contribution in [0, 0.1) is 18.7 Å². The number of hydrogen-bond acceptors (Lipinski definition) is 4. The number of anilines is 1. The van der Waals surface area contributed by atoms with Crippen LogP contribution < -0.4 is 10.2 Å². The average molecular weight is 252 g/mol. The Kier molecular flexibility index (Phi) is 4.47. The third-order valence-corrected chi connectivity index (χ3v) is 3.54. The lowest BCUT2D eigenvalue weighted by molar-refractivity contribution is 0.382. The first kappa shape index (κ1) is 13.2. The molecule has 0 spiro atoms. The summed E-state index contributed by atoms with van der Waals surface area (Å²) < 4.78 is 13.9. The van der Waals surface area contributed by atoms with E-state index in [9.17, 15) is 4.39 Å². The predicted molar refractivity (Wildman–Crippen MR) is 70.2 cm³/mol. The summed E-state index contributed by atoms with van der Waals surface area (Å²) in [5.74, 6) is 0.888. The zero-order chi connectivity index (χ0) is 13.0. The molecule has 0 bridgehead atoms. The van der Waals surface area contributed by atoms with Crippen molar-refractivity contribution in [3.8, 4) is 0 Å². The fourth-order valence-corrected chi connectivity index (χ4v) is 2.36. The Bertz CT molecular complexity index is 389. The summed E-state index contributed by atoms with van der Waals surface area (Å²) in [6.45, 7) is 7.63. The first-order valence-corrected chi connectivity index (χ1v) is 6.65. The average Bonchev–Trinajstić information content (AvgIpc) is 2.40. The highest BCUT2D eigenvalue weighted by atomic mass is 19.1. The van der Waals surface area contributed by atoms with Gasteiger partial charge in [0.05, 0.1) is 5.69 Å². The van der Waals surface area contributed by atoms with E-state index in [0.717, 1.165) is 39.0 Å². The zero-order valence-electron chi connectivity index (χ0n) is 11.1. The van der Waals surface area contributed by atoms with Crippen LogP contribution in [0.4, 0.5) is 10.2 Å². The minimum Gasteiger partial charge on any atom is -0.354 e. The largest absolute Gasteiger partial charge is 0.354 e. The van der Waals surface area contributed by atoms with Crippen LogP contribution in [0.5, 0.6) is 0 Å². The standard InChI is InChI=1S/C13H21FN4/c1-3-15-8-11-4-6-18(7-5-11)13-12(14)10(2)16-9-17-13/h9,11,15H,3-8H2,1-2H3. The summed E-state index contributed by atoms with van der Waals surface area (Å²) in [5.41, 5.74) is 0.426. The molecule has 1 saturated heterocycles. The van der Waals surface area contributed by atoms with Gasteiger partial charge in [0.15, 0.2) is 11.6 Å². The van der Waals surface area contributed by atoms with Crippen LogP contribution in [0.3, 0.4) is 0 Å². The van der Waals surface area contributed by atoms with E-state index in [4.69, 9.17) is 0 Å². The molecule has 0 saturated carbocycles. The maximum atomic E-state index is 13.9. The van der Waals surface area contributed by atoms with E-state index < -0.39 is 0 Å². The van der Waals surface area contributed by atoms with E-state index in [-0.39, 0.29) is 5.82 Å². The molecule has 1 aromatic heterocycles. The van der Waals surface area contributed by atoms with Crippen molar-refractivity contribution >= 4 is 5.82 Å². The number of rotatable bonds is 4. The molecule has 0 aliphatic carbocycles. The second-order valence-electron chi connectivity index (χ2n) is 4.83. The molecule has 1 fully saturated rings. The molecular weight excluding hydrogens is 231 g/mol. The molecule has 0 radical (unpaired) electrons. The van der Waals surface area contributed by atoms with E-state index in [1.54, 1.807) is 6.92 Å². The highest BCUT2D eigenvalue weighted by molar-refractivity contribution is 5.41. The van der Waals surface area contributed by atoms with Crippen molar-refractivity contribution in [3.63, 3.8) is 0 Å². The topological polar surface area (TPSA) is 41.0 Å². The van der Waals surface area contributed by atoms with E-state index in [1.807, 2.05) is 4.90 Å². The van der Waals surface area contributed by atoms with Gasteiger partial charge in [-0.2, -0.15) is 0 Å². The van der Waals surface area contributed by atoms with Crippen molar-refractivity contribution in [3.05, 3.63) is 17.8 Å². The molecule has 2 rings (SSSR count). The molecule has 0 aromatic carbocycles. The summed E-state index contributed by atoms with van der Waals surface area (Å²) in [6.07, 6.45) is 3.63. The number of piperidine rings is 1. The SMILES string of the molecule is CCNCC1CCN(c2ncnc(C)c2F)CC1.